The van der Waals surface area contributed by atoms with Gasteiger partial charge in [0.15, 0.2) is 0 Å². The van der Waals surface area contributed by atoms with Crippen LogP contribution in [0.5, 0.6) is 0 Å². The molecule has 0 unspecified atom stereocenters. The molecule has 1 amide bonds. The van der Waals surface area contributed by atoms with Crippen LogP contribution in [0.2, 0.25) is 0 Å². The van der Waals surface area contributed by atoms with E-state index in [1.807, 2.05) is 36.1 Å². The fourth-order valence-electron chi connectivity index (χ4n) is 2.71. The van der Waals surface area contributed by atoms with E-state index >= 15 is 0 Å². The van der Waals surface area contributed by atoms with Crippen molar-refractivity contribution in [3.63, 3.8) is 0 Å². The molecule has 3 rings (SSSR count). The highest BCUT2D eigenvalue weighted by Crippen LogP contribution is 2.22. The van der Waals surface area contributed by atoms with Crippen LogP contribution < -0.4 is 5.32 Å². The zero-order valence-corrected chi connectivity index (χ0v) is 12.2. The van der Waals surface area contributed by atoms with Gasteiger partial charge in [0.05, 0.1) is 19.3 Å². The highest BCUT2D eigenvalue weighted by Gasteiger charge is 2.20. The number of fused-ring (bicyclic) bond motifs is 1. The molecule has 2 aromatic carbocycles. The van der Waals surface area contributed by atoms with E-state index in [1.165, 1.54) is 5.39 Å². The van der Waals surface area contributed by atoms with Crippen LogP contribution >= 0.6 is 0 Å². The van der Waals surface area contributed by atoms with Crippen molar-refractivity contribution in [2.24, 2.45) is 0 Å². The predicted molar refractivity (Wildman–Crippen MR) is 84.4 cm³/mol. The quantitative estimate of drug-likeness (QED) is 0.941. The number of carbonyl (C=O) groups excluding carboxylic acids is 1. The summed E-state index contributed by atoms with van der Waals surface area (Å²) >= 11 is 0. The number of amides is 1. The van der Waals surface area contributed by atoms with Crippen molar-refractivity contribution in [2.45, 2.75) is 13.0 Å². The third-order valence-electron chi connectivity index (χ3n) is 3.81. The van der Waals surface area contributed by atoms with Crippen molar-refractivity contribution in [2.75, 3.05) is 31.6 Å². The van der Waals surface area contributed by atoms with Gasteiger partial charge in [-0.2, -0.15) is 0 Å². The van der Waals surface area contributed by atoms with Crippen molar-refractivity contribution in [1.82, 2.24) is 4.90 Å². The molecule has 110 valence electrons. The molecule has 2 aromatic rings. The van der Waals surface area contributed by atoms with E-state index in [9.17, 15) is 4.79 Å². The largest absolute Gasteiger partial charge is 0.376 e. The third-order valence-corrected chi connectivity index (χ3v) is 3.81. The SMILES string of the molecule is C[C@H]1CN(C(=O)CNc2cccc3ccccc23)CCO1. The maximum absolute atomic E-state index is 12.3. The second-order valence-electron chi connectivity index (χ2n) is 5.40. The number of nitrogens with one attached hydrogen (secondary N) is 1. The number of benzene rings is 2. The summed E-state index contributed by atoms with van der Waals surface area (Å²) in [6.07, 6.45) is 0.125. The van der Waals surface area contributed by atoms with Gasteiger partial charge in [-0.3, -0.25) is 4.79 Å². The molecule has 21 heavy (non-hydrogen) atoms. The van der Waals surface area contributed by atoms with E-state index in [1.54, 1.807) is 0 Å². The Bertz CT molecular complexity index is 636. The normalized spacial score (nSPS) is 18.7. The summed E-state index contributed by atoms with van der Waals surface area (Å²) in [5, 5.41) is 5.59. The molecular weight excluding hydrogens is 264 g/mol. The Balaban J connectivity index is 1.67. The standard InChI is InChI=1S/C17H20N2O2/c1-13-12-19(9-10-21-13)17(20)11-18-16-8-4-6-14-5-2-3-7-15(14)16/h2-8,13,18H,9-12H2,1H3/t13-/m0/s1. The molecule has 1 heterocycles. The molecule has 1 atom stereocenters. The second-order valence-corrected chi connectivity index (χ2v) is 5.40. The Hall–Kier alpha value is -2.07. The summed E-state index contributed by atoms with van der Waals surface area (Å²) in [4.78, 5) is 14.1. The maximum Gasteiger partial charge on any atom is 0.242 e. The number of morpholine rings is 1. The van der Waals surface area contributed by atoms with Gasteiger partial charge >= 0.3 is 0 Å². The average molecular weight is 284 g/mol. The fourth-order valence-corrected chi connectivity index (χ4v) is 2.71. The van der Waals surface area contributed by atoms with E-state index < -0.39 is 0 Å². The minimum atomic E-state index is 0.123. The zero-order valence-electron chi connectivity index (χ0n) is 12.2. The van der Waals surface area contributed by atoms with Gasteiger partial charge in [0.1, 0.15) is 0 Å². The molecule has 0 saturated carbocycles. The van der Waals surface area contributed by atoms with Crippen LogP contribution in [-0.2, 0) is 9.53 Å². The molecule has 4 heteroatoms. The third kappa shape index (κ3) is 3.16. The van der Waals surface area contributed by atoms with Crippen molar-refractivity contribution in [1.29, 1.82) is 0 Å². The van der Waals surface area contributed by atoms with Crippen LogP contribution in [0.1, 0.15) is 6.92 Å². The maximum atomic E-state index is 12.3. The van der Waals surface area contributed by atoms with Crippen LogP contribution in [0, 0.1) is 0 Å². The molecule has 0 aromatic heterocycles. The summed E-state index contributed by atoms with van der Waals surface area (Å²) in [5.41, 5.74) is 1.00. The molecule has 4 nitrogen and oxygen atoms in total. The van der Waals surface area contributed by atoms with Gasteiger partial charge in [0, 0.05) is 24.2 Å². The highest BCUT2D eigenvalue weighted by molar-refractivity contribution is 5.95. The molecule has 1 fully saturated rings. The highest BCUT2D eigenvalue weighted by atomic mass is 16.5. The van der Waals surface area contributed by atoms with Gasteiger partial charge in [-0.05, 0) is 18.4 Å². The lowest BCUT2D eigenvalue weighted by molar-refractivity contribution is -0.136. The lowest BCUT2D eigenvalue weighted by Crippen LogP contribution is -2.46. The van der Waals surface area contributed by atoms with Crippen LogP contribution in [-0.4, -0.2) is 43.2 Å². The average Bonchev–Trinajstić information content (AvgIpc) is 2.52. The van der Waals surface area contributed by atoms with Gasteiger partial charge in [-0.1, -0.05) is 36.4 Å². The van der Waals surface area contributed by atoms with E-state index in [2.05, 4.69) is 23.5 Å². The number of anilines is 1. The van der Waals surface area contributed by atoms with Crippen LogP contribution in [0.15, 0.2) is 42.5 Å². The van der Waals surface area contributed by atoms with E-state index in [-0.39, 0.29) is 12.0 Å². The molecule has 0 spiro atoms. The number of nitrogens with zero attached hydrogens (tertiary/aromatic N) is 1. The molecule has 0 aliphatic carbocycles. The van der Waals surface area contributed by atoms with E-state index in [4.69, 9.17) is 4.74 Å². The summed E-state index contributed by atoms with van der Waals surface area (Å²) < 4.78 is 5.46. The number of hydrogen-bond donors (Lipinski definition) is 1. The van der Waals surface area contributed by atoms with Crippen LogP contribution in [0.3, 0.4) is 0 Å². The molecule has 0 radical (unpaired) electrons. The van der Waals surface area contributed by atoms with Gasteiger partial charge in [0.2, 0.25) is 5.91 Å². The van der Waals surface area contributed by atoms with Gasteiger partial charge in [0.25, 0.3) is 0 Å². The molecule has 1 N–H and O–H groups in total. The van der Waals surface area contributed by atoms with Crippen molar-refractivity contribution in [3.8, 4) is 0 Å². The summed E-state index contributed by atoms with van der Waals surface area (Å²) in [6.45, 7) is 4.30. The molecule has 0 bridgehead atoms. The van der Waals surface area contributed by atoms with Gasteiger partial charge in [-0.15, -0.1) is 0 Å². The van der Waals surface area contributed by atoms with Gasteiger partial charge in [-0.25, -0.2) is 0 Å². The first kappa shape index (κ1) is 13.9. The fraction of sp³-hybridized carbons (Fsp3) is 0.353. The number of carbonyl (C=O) groups is 1. The molecule has 1 saturated heterocycles. The van der Waals surface area contributed by atoms with E-state index in [0.29, 0.717) is 26.2 Å². The Kier molecular flexibility index (Phi) is 4.06. The first-order valence-electron chi connectivity index (χ1n) is 7.35. The van der Waals surface area contributed by atoms with Crippen LogP contribution in [0.4, 0.5) is 5.69 Å². The number of ether oxygens (including phenoxy) is 1. The zero-order chi connectivity index (χ0) is 14.7. The molecular formula is C17H20N2O2. The van der Waals surface area contributed by atoms with Gasteiger partial charge < -0.3 is 15.0 Å². The second kappa shape index (κ2) is 6.14. The summed E-state index contributed by atoms with van der Waals surface area (Å²) in [6, 6.07) is 14.3. The van der Waals surface area contributed by atoms with Crippen molar-refractivity contribution in [3.05, 3.63) is 42.5 Å². The lowest BCUT2D eigenvalue weighted by Gasteiger charge is -2.31. The Morgan fingerprint density at radius 1 is 1.29 bits per heavy atom. The van der Waals surface area contributed by atoms with Crippen molar-refractivity contribution < 1.29 is 9.53 Å². The summed E-state index contributed by atoms with van der Waals surface area (Å²) in [5.74, 6) is 0.123. The Morgan fingerprint density at radius 2 is 2.10 bits per heavy atom. The lowest BCUT2D eigenvalue weighted by atomic mass is 10.1. The predicted octanol–water partition coefficient (Wildman–Crippen LogP) is 2.50. The minimum absolute atomic E-state index is 0.123. The van der Waals surface area contributed by atoms with Crippen LogP contribution in [0.25, 0.3) is 10.8 Å². The van der Waals surface area contributed by atoms with E-state index in [0.717, 1.165) is 11.1 Å². The first-order valence-corrected chi connectivity index (χ1v) is 7.35. The molecule has 1 aliphatic heterocycles. The Labute approximate surface area is 124 Å². The van der Waals surface area contributed by atoms with Crippen molar-refractivity contribution >= 4 is 22.4 Å². The number of hydrogen-bond acceptors (Lipinski definition) is 3. The Morgan fingerprint density at radius 3 is 2.95 bits per heavy atom. The monoisotopic (exact) mass is 284 g/mol. The smallest absolute Gasteiger partial charge is 0.242 e. The topological polar surface area (TPSA) is 41.6 Å². The first-order chi connectivity index (χ1) is 10.2. The molecule has 1 aliphatic rings. The summed E-state index contributed by atoms with van der Waals surface area (Å²) in [7, 11) is 0. The minimum Gasteiger partial charge on any atom is -0.376 e. The number of rotatable bonds is 3.